The van der Waals surface area contributed by atoms with Crippen molar-refractivity contribution in [3.63, 3.8) is 0 Å². The second-order valence-electron chi connectivity index (χ2n) is 9.64. The van der Waals surface area contributed by atoms with E-state index in [1.54, 1.807) is 6.26 Å². The first-order valence-corrected chi connectivity index (χ1v) is 12.9. The Kier molecular flexibility index (Phi) is 8.87. The summed E-state index contributed by atoms with van der Waals surface area (Å²) in [6, 6.07) is -0.694. The number of amides is 1. The molecule has 0 bridgehead atoms. The molecule has 0 radical (unpaired) electrons. The van der Waals surface area contributed by atoms with E-state index in [1.165, 1.54) is 43.9 Å². The third-order valence-corrected chi connectivity index (χ3v) is 8.15. The number of ether oxygens (including phenoxy) is 1. The van der Waals surface area contributed by atoms with Gasteiger partial charge in [-0.2, -0.15) is 0 Å². The largest absolute Gasteiger partial charge is 0.388 e. The molecule has 0 spiro atoms. The predicted octanol–water partition coefficient (Wildman–Crippen LogP) is 1.25. The van der Waals surface area contributed by atoms with Crippen LogP contribution in [-0.2, 0) is 9.53 Å². The summed E-state index contributed by atoms with van der Waals surface area (Å²) >= 11 is 1.29. The lowest BCUT2D eigenvalue weighted by Crippen LogP contribution is -2.65. The van der Waals surface area contributed by atoms with Gasteiger partial charge >= 0.3 is 0 Å². The quantitative estimate of drug-likeness (QED) is 0.419. The Morgan fingerprint density at radius 1 is 1.03 bits per heavy atom. The van der Waals surface area contributed by atoms with Gasteiger partial charge in [0, 0.05) is 0 Å². The van der Waals surface area contributed by atoms with Crippen LogP contribution < -0.4 is 10.6 Å². The molecule has 30 heavy (non-hydrogen) atoms. The highest BCUT2D eigenvalue weighted by molar-refractivity contribution is 7.99. The number of aliphatic hydroxyl groups is 3. The average molecular weight is 445 g/mol. The molecule has 0 aromatic rings. The molecule has 1 saturated carbocycles. The second-order valence-corrected chi connectivity index (χ2v) is 10.6. The highest BCUT2D eigenvalue weighted by Gasteiger charge is 2.47. The van der Waals surface area contributed by atoms with Crippen molar-refractivity contribution >= 4 is 17.7 Å². The van der Waals surface area contributed by atoms with E-state index in [0.717, 1.165) is 25.3 Å². The van der Waals surface area contributed by atoms with Crippen molar-refractivity contribution in [1.82, 2.24) is 10.6 Å². The van der Waals surface area contributed by atoms with Gasteiger partial charge < -0.3 is 30.7 Å². The Morgan fingerprint density at radius 3 is 2.37 bits per heavy atom. The van der Waals surface area contributed by atoms with Gasteiger partial charge in [-0.15, -0.1) is 11.8 Å². The van der Waals surface area contributed by atoms with Crippen LogP contribution in [0.1, 0.15) is 58.8 Å². The van der Waals surface area contributed by atoms with Gasteiger partial charge in [-0.3, -0.25) is 4.79 Å². The topological polar surface area (TPSA) is 111 Å². The third-order valence-electron chi connectivity index (χ3n) is 7.30. The molecule has 5 N–H and O–H groups in total. The average Bonchev–Trinajstić information content (AvgIpc) is 2.77. The van der Waals surface area contributed by atoms with E-state index in [4.69, 9.17) is 4.74 Å². The lowest BCUT2D eigenvalue weighted by atomic mass is 9.74. The molecule has 8 atom stereocenters. The van der Waals surface area contributed by atoms with Gasteiger partial charge in [-0.05, 0) is 43.4 Å². The minimum Gasteiger partial charge on any atom is -0.388 e. The minimum atomic E-state index is -1.30. The molecule has 0 aromatic heterocycles. The fourth-order valence-corrected chi connectivity index (χ4v) is 6.12. The minimum absolute atomic E-state index is 0.00344. The van der Waals surface area contributed by atoms with Gasteiger partial charge in [0.25, 0.3) is 0 Å². The number of nitrogens with one attached hydrogen (secondary N) is 2. The lowest BCUT2D eigenvalue weighted by Gasteiger charge is -2.44. The maximum absolute atomic E-state index is 13.2. The number of rotatable bonds is 6. The van der Waals surface area contributed by atoms with Gasteiger partial charge in [0.15, 0.2) is 0 Å². The van der Waals surface area contributed by atoms with E-state index in [2.05, 4.69) is 10.6 Å². The van der Waals surface area contributed by atoms with Crippen LogP contribution in [0.5, 0.6) is 0 Å². The molecule has 8 heteroatoms. The summed E-state index contributed by atoms with van der Waals surface area (Å²) in [6.07, 6.45) is 5.79. The fraction of sp³-hybridized carbons (Fsp3) is 0.955. The van der Waals surface area contributed by atoms with Crippen LogP contribution in [0.2, 0.25) is 0 Å². The monoisotopic (exact) mass is 444 g/mol. The number of hydrogen-bond acceptors (Lipinski definition) is 7. The molecule has 3 fully saturated rings. The fourth-order valence-electron chi connectivity index (χ4n) is 5.44. The van der Waals surface area contributed by atoms with Crippen molar-refractivity contribution in [1.29, 1.82) is 0 Å². The first kappa shape index (κ1) is 24.3. The smallest absolute Gasteiger partial charge is 0.237 e. The highest BCUT2D eigenvalue weighted by atomic mass is 32.2. The van der Waals surface area contributed by atoms with Crippen LogP contribution in [0, 0.1) is 17.8 Å². The van der Waals surface area contributed by atoms with Crippen LogP contribution in [0.3, 0.4) is 0 Å². The molecule has 1 amide bonds. The Morgan fingerprint density at radius 2 is 1.73 bits per heavy atom. The summed E-state index contributed by atoms with van der Waals surface area (Å²) in [5, 5.41) is 37.5. The van der Waals surface area contributed by atoms with Gasteiger partial charge in [-0.1, -0.05) is 46.0 Å². The molecule has 0 aromatic carbocycles. The van der Waals surface area contributed by atoms with Crippen LogP contribution in [0.15, 0.2) is 0 Å². The molecule has 0 unspecified atom stereocenters. The highest BCUT2D eigenvalue weighted by Crippen LogP contribution is 2.36. The Bertz CT molecular complexity index is 558. The van der Waals surface area contributed by atoms with Crippen molar-refractivity contribution in [3.8, 4) is 0 Å². The zero-order valence-electron chi connectivity index (χ0n) is 18.5. The van der Waals surface area contributed by atoms with E-state index in [-0.39, 0.29) is 17.9 Å². The van der Waals surface area contributed by atoms with Crippen LogP contribution in [0.4, 0.5) is 0 Å². The van der Waals surface area contributed by atoms with Crippen LogP contribution in [-0.4, -0.2) is 76.0 Å². The van der Waals surface area contributed by atoms with E-state index < -0.39 is 35.9 Å². The molecule has 3 rings (SSSR count). The van der Waals surface area contributed by atoms with E-state index in [9.17, 15) is 20.1 Å². The molecule has 2 heterocycles. The molecule has 2 saturated heterocycles. The van der Waals surface area contributed by atoms with Gasteiger partial charge in [0.2, 0.25) is 5.91 Å². The Hall–Kier alpha value is -0.380. The van der Waals surface area contributed by atoms with Gasteiger partial charge in [0.1, 0.15) is 29.9 Å². The molecule has 3 aliphatic rings. The number of thioether (sulfide) groups is 1. The second kappa shape index (κ2) is 11.0. The van der Waals surface area contributed by atoms with Crippen molar-refractivity contribution in [3.05, 3.63) is 0 Å². The summed E-state index contributed by atoms with van der Waals surface area (Å²) < 4.78 is 5.93. The Labute approximate surface area is 184 Å². The first-order chi connectivity index (χ1) is 14.3. The number of carbonyl (C=O) groups is 1. The van der Waals surface area contributed by atoms with Gasteiger partial charge in [-0.25, -0.2) is 0 Å². The Balaban J connectivity index is 1.64. The van der Waals surface area contributed by atoms with Crippen LogP contribution in [0.25, 0.3) is 0 Å². The number of hydrogen-bond donors (Lipinski definition) is 5. The van der Waals surface area contributed by atoms with Crippen LogP contribution >= 0.6 is 11.8 Å². The van der Waals surface area contributed by atoms with Crippen molar-refractivity contribution in [2.24, 2.45) is 17.8 Å². The maximum Gasteiger partial charge on any atom is 0.237 e. The molecule has 2 aliphatic heterocycles. The normalized spacial score (nSPS) is 39.6. The predicted molar refractivity (Wildman–Crippen MR) is 118 cm³/mol. The number of piperidine rings is 1. The summed E-state index contributed by atoms with van der Waals surface area (Å²) in [5.41, 5.74) is -0.643. The zero-order valence-corrected chi connectivity index (χ0v) is 19.3. The summed E-state index contributed by atoms with van der Waals surface area (Å²) in [5.74, 6) is 1.26. The standard InChI is InChI=1S/C22H40N2O5S/c1-12(2)16(20-18(26)17(25)19(27)22(29-20)30-3)24-21(28)15-11-14(9-10-23-15)13-7-5-4-6-8-13/h12-20,22-23,25-27H,4-11H2,1-3H3,(H,24,28)/t14-,15+,16-,17+,18-,19-,20-,22-/m1/s1. The molecule has 174 valence electrons. The SMILES string of the molecule is CS[C@H]1O[C@H]([C@H](NC(=O)[C@@H]2C[C@H](C3CCCCC3)CCN2)C(C)C)[C@H](O)[C@H](O)[C@H]1O. The van der Waals surface area contributed by atoms with Crippen molar-refractivity contribution in [2.45, 2.75) is 101 Å². The summed E-state index contributed by atoms with van der Waals surface area (Å²) in [6.45, 7) is 4.78. The number of aliphatic hydroxyl groups excluding tert-OH is 3. The van der Waals surface area contributed by atoms with Crippen molar-refractivity contribution in [2.75, 3.05) is 12.8 Å². The van der Waals surface area contributed by atoms with E-state index >= 15 is 0 Å². The first-order valence-electron chi connectivity index (χ1n) is 11.6. The maximum atomic E-state index is 13.2. The summed E-state index contributed by atoms with van der Waals surface area (Å²) in [4.78, 5) is 13.2. The third kappa shape index (κ3) is 5.51. The van der Waals surface area contributed by atoms with E-state index in [0.29, 0.717) is 5.92 Å². The number of carbonyl (C=O) groups excluding carboxylic acids is 1. The molecular weight excluding hydrogens is 404 g/mol. The van der Waals surface area contributed by atoms with Crippen molar-refractivity contribution < 1.29 is 24.9 Å². The van der Waals surface area contributed by atoms with E-state index in [1.807, 2.05) is 13.8 Å². The lowest BCUT2D eigenvalue weighted by molar-refractivity contribution is -0.208. The van der Waals surface area contributed by atoms with Gasteiger partial charge in [0.05, 0.1) is 12.1 Å². The molecular formula is C22H40N2O5S. The molecule has 7 nitrogen and oxygen atoms in total. The molecule has 1 aliphatic carbocycles. The summed E-state index contributed by atoms with van der Waals surface area (Å²) in [7, 11) is 0. The zero-order chi connectivity index (χ0) is 21.8.